The van der Waals surface area contributed by atoms with Crippen LogP contribution in [-0.2, 0) is 7.05 Å². The molecule has 84 valence electrons. The third-order valence-corrected chi connectivity index (χ3v) is 2.76. The van der Waals surface area contributed by atoms with Crippen molar-refractivity contribution in [1.82, 2.24) is 4.57 Å². The number of nitrogens with zero attached hydrogens (tertiary/aromatic N) is 1. The van der Waals surface area contributed by atoms with Crippen LogP contribution in [0, 0.1) is 25.5 Å². The molecule has 0 unspecified atom stereocenters. The molecule has 1 aromatic heterocycles. The molecule has 16 heavy (non-hydrogen) atoms. The molecule has 0 saturated heterocycles. The van der Waals surface area contributed by atoms with E-state index in [-0.39, 0.29) is 16.4 Å². The maximum atomic E-state index is 13.4. The lowest BCUT2D eigenvalue weighted by Crippen LogP contribution is -2.12. The van der Waals surface area contributed by atoms with Crippen molar-refractivity contribution in [1.29, 1.82) is 0 Å². The predicted molar refractivity (Wildman–Crippen MR) is 58.6 cm³/mol. The van der Waals surface area contributed by atoms with Crippen LogP contribution in [0.15, 0.2) is 17.1 Å². The molecular weight excluding hydrogens is 212 g/mol. The largest absolute Gasteiger partial charge is 0.350 e. The lowest BCUT2D eigenvalue weighted by atomic mass is 10.1. The van der Waals surface area contributed by atoms with Gasteiger partial charge in [-0.25, -0.2) is 8.78 Å². The summed E-state index contributed by atoms with van der Waals surface area (Å²) in [6, 6.07) is 0.965. The highest BCUT2D eigenvalue weighted by atomic mass is 19.2. The number of rotatable bonds is 0. The summed E-state index contributed by atoms with van der Waals surface area (Å²) in [5.74, 6) is -1.88. The molecule has 2 aromatic rings. The average Bonchev–Trinajstić information content (AvgIpc) is 2.22. The minimum absolute atomic E-state index is 0.162. The van der Waals surface area contributed by atoms with Crippen molar-refractivity contribution in [3.63, 3.8) is 0 Å². The van der Waals surface area contributed by atoms with E-state index < -0.39 is 11.6 Å². The fourth-order valence-electron chi connectivity index (χ4n) is 2.00. The third-order valence-electron chi connectivity index (χ3n) is 2.76. The van der Waals surface area contributed by atoms with Gasteiger partial charge < -0.3 is 4.57 Å². The Kier molecular flexibility index (Phi) is 2.30. The molecule has 0 amide bonds. The zero-order valence-electron chi connectivity index (χ0n) is 9.27. The van der Waals surface area contributed by atoms with Crippen LogP contribution in [-0.4, -0.2) is 4.57 Å². The van der Waals surface area contributed by atoms with Crippen LogP contribution >= 0.6 is 0 Å². The van der Waals surface area contributed by atoms with Crippen molar-refractivity contribution in [2.24, 2.45) is 7.05 Å². The smallest absolute Gasteiger partial charge is 0.192 e. The Morgan fingerprint density at radius 1 is 1.25 bits per heavy atom. The zero-order chi connectivity index (χ0) is 12.0. The molecule has 2 nitrogen and oxygen atoms in total. The van der Waals surface area contributed by atoms with Crippen molar-refractivity contribution in [3.8, 4) is 0 Å². The van der Waals surface area contributed by atoms with E-state index in [1.54, 1.807) is 24.7 Å². The molecule has 2 rings (SSSR count). The summed E-state index contributed by atoms with van der Waals surface area (Å²) in [4.78, 5) is 11.8. The van der Waals surface area contributed by atoms with E-state index in [2.05, 4.69) is 0 Å². The molecule has 1 aromatic carbocycles. The third kappa shape index (κ3) is 1.33. The molecule has 0 saturated carbocycles. The lowest BCUT2D eigenvalue weighted by Gasteiger charge is -2.10. The minimum Gasteiger partial charge on any atom is -0.350 e. The van der Waals surface area contributed by atoms with E-state index in [1.807, 2.05) is 0 Å². The number of fused-ring (bicyclic) bond motifs is 1. The summed E-state index contributed by atoms with van der Waals surface area (Å²) in [6.45, 7) is 3.12. The molecule has 0 N–H and O–H groups in total. The fourth-order valence-corrected chi connectivity index (χ4v) is 2.00. The van der Waals surface area contributed by atoms with Gasteiger partial charge in [0.1, 0.15) is 0 Å². The molecule has 0 aliphatic rings. The molecule has 0 bridgehead atoms. The number of benzene rings is 1. The highest BCUT2D eigenvalue weighted by Crippen LogP contribution is 2.21. The first-order valence-corrected chi connectivity index (χ1v) is 4.88. The molecular formula is C12H11F2NO. The van der Waals surface area contributed by atoms with Crippen molar-refractivity contribution in [2.45, 2.75) is 13.8 Å². The summed E-state index contributed by atoms with van der Waals surface area (Å²) in [6.07, 6.45) is 1.62. The van der Waals surface area contributed by atoms with Gasteiger partial charge in [0.05, 0.1) is 5.52 Å². The topological polar surface area (TPSA) is 22.0 Å². The predicted octanol–water partition coefficient (Wildman–Crippen LogP) is 2.43. The maximum Gasteiger partial charge on any atom is 0.192 e. The average molecular weight is 223 g/mol. The van der Waals surface area contributed by atoms with Crippen molar-refractivity contribution in [2.75, 3.05) is 0 Å². The maximum absolute atomic E-state index is 13.4. The van der Waals surface area contributed by atoms with Gasteiger partial charge in [-0.1, -0.05) is 0 Å². The second-order valence-corrected chi connectivity index (χ2v) is 3.95. The Morgan fingerprint density at radius 3 is 2.50 bits per heavy atom. The normalized spacial score (nSPS) is 11.1. The van der Waals surface area contributed by atoms with Crippen LogP contribution in [0.3, 0.4) is 0 Å². The zero-order valence-corrected chi connectivity index (χ0v) is 9.27. The first-order valence-electron chi connectivity index (χ1n) is 4.88. The van der Waals surface area contributed by atoms with Crippen molar-refractivity contribution < 1.29 is 8.78 Å². The quantitative estimate of drug-likeness (QED) is 0.672. The van der Waals surface area contributed by atoms with Gasteiger partial charge in [0.15, 0.2) is 17.1 Å². The van der Waals surface area contributed by atoms with Gasteiger partial charge in [-0.2, -0.15) is 0 Å². The number of halogens is 2. The van der Waals surface area contributed by atoms with Gasteiger partial charge in [0.2, 0.25) is 0 Å². The van der Waals surface area contributed by atoms with Crippen LogP contribution < -0.4 is 5.43 Å². The van der Waals surface area contributed by atoms with Gasteiger partial charge in [0, 0.05) is 29.8 Å². The summed E-state index contributed by atoms with van der Waals surface area (Å²) in [5, 5.41) is 0.221. The Morgan fingerprint density at radius 2 is 1.88 bits per heavy atom. The first kappa shape index (κ1) is 10.8. The molecule has 4 heteroatoms. The minimum atomic E-state index is -0.979. The number of hydrogen-bond acceptors (Lipinski definition) is 1. The molecule has 0 aliphatic carbocycles. The standard InChI is InChI=1S/C12H11F2NO/c1-6-5-15(3)11-7(2)10(14)9(13)4-8(11)12(6)16/h4-5H,1-3H3. The van der Waals surface area contributed by atoms with Crippen LogP contribution in [0.25, 0.3) is 10.9 Å². The number of hydrogen-bond donors (Lipinski definition) is 0. The Balaban J connectivity index is 3.13. The summed E-state index contributed by atoms with van der Waals surface area (Å²) < 4.78 is 28.3. The highest BCUT2D eigenvalue weighted by Gasteiger charge is 2.14. The van der Waals surface area contributed by atoms with E-state index in [4.69, 9.17) is 0 Å². The van der Waals surface area contributed by atoms with Gasteiger partial charge in [-0.3, -0.25) is 4.79 Å². The van der Waals surface area contributed by atoms with E-state index in [0.717, 1.165) is 6.07 Å². The van der Waals surface area contributed by atoms with E-state index in [9.17, 15) is 13.6 Å². The molecule has 0 spiro atoms. The van der Waals surface area contributed by atoms with Crippen LogP contribution in [0.1, 0.15) is 11.1 Å². The van der Waals surface area contributed by atoms with Gasteiger partial charge >= 0.3 is 0 Å². The SMILES string of the molecule is Cc1cn(C)c2c(C)c(F)c(F)cc2c1=O. The molecule has 0 aliphatic heterocycles. The van der Waals surface area contributed by atoms with Gasteiger partial charge in [-0.15, -0.1) is 0 Å². The summed E-state index contributed by atoms with van der Waals surface area (Å²) in [7, 11) is 1.71. The van der Waals surface area contributed by atoms with Crippen LogP contribution in [0.2, 0.25) is 0 Å². The number of aromatic nitrogens is 1. The highest BCUT2D eigenvalue weighted by molar-refractivity contribution is 5.82. The van der Waals surface area contributed by atoms with Gasteiger partial charge in [0.25, 0.3) is 0 Å². The lowest BCUT2D eigenvalue weighted by molar-refractivity contribution is 0.505. The molecule has 1 heterocycles. The fraction of sp³-hybridized carbons (Fsp3) is 0.250. The van der Waals surface area contributed by atoms with Crippen molar-refractivity contribution >= 4 is 10.9 Å². The Labute approximate surface area is 91.1 Å². The van der Waals surface area contributed by atoms with E-state index in [0.29, 0.717) is 11.1 Å². The monoisotopic (exact) mass is 223 g/mol. The van der Waals surface area contributed by atoms with E-state index in [1.165, 1.54) is 6.92 Å². The Hall–Kier alpha value is -1.71. The van der Waals surface area contributed by atoms with Crippen LogP contribution in [0.5, 0.6) is 0 Å². The number of aryl methyl sites for hydroxylation is 3. The Bertz CT molecular complexity index is 644. The van der Waals surface area contributed by atoms with Gasteiger partial charge in [-0.05, 0) is 19.9 Å². The first-order chi connectivity index (χ1) is 7.43. The number of pyridine rings is 1. The second-order valence-electron chi connectivity index (χ2n) is 3.95. The molecule has 0 fully saturated rings. The van der Waals surface area contributed by atoms with E-state index >= 15 is 0 Å². The summed E-state index contributed by atoms with van der Waals surface area (Å²) in [5.41, 5.74) is 0.861. The second kappa shape index (κ2) is 3.40. The van der Waals surface area contributed by atoms with Crippen LogP contribution in [0.4, 0.5) is 8.78 Å². The molecule has 0 radical (unpaired) electrons. The van der Waals surface area contributed by atoms with Crippen molar-refractivity contribution in [3.05, 3.63) is 45.2 Å². The summed E-state index contributed by atoms with van der Waals surface area (Å²) >= 11 is 0. The molecule has 0 atom stereocenters.